The summed E-state index contributed by atoms with van der Waals surface area (Å²) in [6.07, 6.45) is -7.90. The van der Waals surface area contributed by atoms with Crippen molar-refractivity contribution < 1.29 is 50.0 Å². The van der Waals surface area contributed by atoms with E-state index in [0.717, 1.165) is 0 Å². The molecule has 2 aliphatic rings. The average molecular weight is 354 g/mol. The Morgan fingerprint density at radius 1 is 0.917 bits per heavy atom. The fraction of sp³-hybridized carbons (Fsp3) is 1.00. The fourth-order valence-electron chi connectivity index (χ4n) is 3.02. The number of hydrogen-bond acceptors (Lipinski definition) is 10. The zero-order chi connectivity index (χ0) is 17.9. The zero-order valence-corrected chi connectivity index (χ0v) is 13.1. The van der Waals surface area contributed by atoms with E-state index in [9.17, 15) is 25.5 Å². The van der Waals surface area contributed by atoms with Crippen molar-refractivity contribution in [3.8, 4) is 0 Å². The van der Waals surface area contributed by atoms with Gasteiger partial charge in [-0.05, 0) is 0 Å². The Morgan fingerprint density at radius 3 is 2.12 bits per heavy atom. The highest BCUT2D eigenvalue weighted by Gasteiger charge is 2.49. The fourth-order valence-corrected chi connectivity index (χ4v) is 3.02. The highest BCUT2D eigenvalue weighted by molar-refractivity contribution is 4.97. The lowest BCUT2D eigenvalue weighted by Gasteiger charge is -2.40. The molecule has 0 spiro atoms. The molecule has 8 unspecified atom stereocenters. The lowest BCUT2D eigenvalue weighted by Crippen LogP contribution is -2.60. The molecule has 0 aliphatic carbocycles. The van der Waals surface area contributed by atoms with Gasteiger partial charge in [-0.2, -0.15) is 0 Å². The molecule has 2 saturated heterocycles. The van der Waals surface area contributed by atoms with Crippen molar-refractivity contribution in [2.45, 2.75) is 54.7 Å². The van der Waals surface area contributed by atoms with Crippen molar-refractivity contribution in [1.82, 2.24) is 0 Å². The van der Waals surface area contributed by atoms with E-state index >= 15 is 0 Å². The van der Waals surface area contributed by atoms with E-state index < -0.39 is 61.5 Å². The minimum Gasteiger partial charge on any atom is -0.394 e. The van der Waals surface area contributed by atoms with Crippen molar-refractivity contribution in [2.75, 3.05) is 33.0 Å². The van der Waals surface area contributed by atoms with Crippen LogP contribution in [-0.2, 0) is 14.2 Å². The second-order valence-electron chi connectivity index (χ2n) is 6.28. The molecule has 2 rings (SSSR count). The maximum Gasteiger partial charge on any atom is 0.141 e. The first kappa shape index (κ1) is 19.9. The van der Waals surface area contributed by atoms with Crippen molar-refractivity contribution >= 4 is 0 Å². The van der Waals surface area contributed by atoms with E-state index in [0.29, 0.717) is 0 Å². The number of ether oxygens (including phenoxy) is 3. The van der Waals surface area contributed by atoms with Gasteiger partial charge in [0.2, 0.25) is 0 Å². The third kappa shape index (κ3) is 3.88. The van der Waals surface area contributed by atoms with E-state index in [-0.39, 0.29) is 26.2 Å². The highest BCUT2D eigenvalue weighted by Crippen LogP contribution is 2.31. The van der Waals surface area contributed by atoms with Crippen molar-refractivity contribution in [3.05, 3.63) is 0 Å². The van der Waals surface area contributed by atoms with Crippen LogP contribution in [0.3, 0.4) is 0 Å². The Balaban J connectivity index is 1.90. The number of rotatable bonds is 7. The molecule has 142 valence electrons. The molecule has 2 aliphatic heterocycles. The minimum absolute atomic E-state index is 0.153. The predicted octanol–water partition coefficient (Wildman–Crippen LogP) is -4.28. The van der Waals surface area contributed by atoms with Crippen molar-refractivity contribution in [3.63, 3.8) is 0 Å². The van der Waals surface area contributed by atoms with Crippen LogP contribution < -0.4 is 0 Å². The lowest BCUT2D eigenvalue weighted by molar-refractivity contribution is -0.244. The predicted molar refractivity (Wildman–Crippen MR) is 77.0 cm³/mol. The van der Waals surface area contributed by atoms with Gasteiger partial charge in [-0.15, -0.1) is 0 Å². The van der Waals surface area contributed by atoms with Crippen LogP contribution >= 0.6 is 0 Å². The van der Waals surface area contributed by atoms with Gasteiger partial charge < -0.3 is 50.0 Å². The third-order valence-electron chi connectivity index (χ3n) is 4.59. The van der Waals surface area contributed by atoms with Crippen molar-refractivity contribution in [1.29, 1.82) is 0 Å². The third-order valence-corrected chi connectivity index (χ3v) is 4.59. The Bertz CT molecular complexity index is 394. The molecular formula is C14H26O10. The second kappa shape index (κ2) is 8.32. The summed E-state index contributed by atoms with van der Waals surface area (Å²) in [5.41, 5.74) is -1.39. The molecule has 2 heterocycles. The Kier molecular flexibility index (Phi) is 6.90. The molecule has 10 nitrogen and oxygen atoms in total. The summed E-state index contributed by atoms with van der Waals surface area (Å²) in [6, 6.07) is 0. The number of aliphatic hydroxyl groups is 7. The maximum atomic E-state index is 10.0. The van der Waals surface area contributed by atoms with Gasteiger partial charge in [0.1, 0.15) is 36.1 Å². The van der Waals surface area contributed by atoms with Gasteiger partial charge in [0.15, 0.2) is 0 Å². The van der Waals surface area contributed by atoms with Crippen LogP contribution in [-0.4, -0.2) is 117 Å². The Labute approximate surface area is 138 Å². The molecule has 0 aromatic heterocycles. The molecule has 0 radical (unpaired) electrons. The minimum atomic E-state index is -1.50. The molecule has 0 bridgehead atoms. The topological polar surface area (TPSA) is 169 Å². The molecular weight excluding hydrogens is 328 g/mol. The maximum absolute atomic E-state index is 10.0. The number of hydrogen-bond donors (Lipinski definition) is 7. The molecule has 8 atom stereocenters. The van der Waals surface area contributed by atoms with Crippen LogP contribution in [0.15, 0.2) is 0 Å². The van der Waals surface area contributed by atoms with Crippen LogP contribution in [0.2, 0.25) is 0 Å². The van der Waals surface area contributed by atoms with Gasteiger partial charge in [-0.3, -0.25) is 0 Å². The normalized spacial score (nSPS) is 46.4. The van der Waals surface area contributed by atoms with Gasteiger partial charge in [0.25, 0.3) is 0 Å². The van der Waals surface area contributed by atoms with Gasteiger partial charge in [0.05, 0.1) is 45.2 Å². The summed E-state index contributed by atoms with van der Waals surface area (Å²) in [6.45, 7) is -1.81. The molecule has 2 fully saturated rings. The molecule has 10 heteroatoms. The summed E-state index contributed by atoms with van der Waals surface area (Å²) in [4.78, 5) is 0. The first-order chi connectivity index (χ1) is 11.4. The van der Waals surface area contributed by atoms with Crippen molar-refractivity contribution in [2.24, 2.45) is 0 Å². The van der Waals surface area contributed by atoms with E-state index in [1.165, 1.54) is 0 Å². The van der Waals surface area contributed by atoms with E-state index in [1.807, 2.05) is 0 Å². The molecule has 24 heavy (non-hydrogen) atoms. The standard InChI is InChI=1S/C14H26O10/c15-2-7-1-10(18)14(5-17,24-7)6-22-4-9-12(20)13(21)11(19)8(3-16)23-9/h7-13,15-21H,1-6H2. The van der Waals surface area contributed by atoms with Gasteiger partial charge in [-0.1, -0.05) is 0 Å². The van der Waals surface area contributed by atoms with Gasteiger partial charge in [-0.25, -0.2) is 0 Å². The zero-order valence-electron chi connectivity index (χ0n) is 13.1. The number of aliphatic hydroxyl groups excluding tert-OH is 7. The molecule has 0 amide bonds. The summed E-state index contributed by atoms with van der Waals surface area (Å²) in [5.74, 6) is 0. The molecule has 0 aromatic rings. The highest BCUT2D eigenvalue weighted by atomic mass is 16.6. The quantitative estimate of drug-likeness (QED) is 0.237. The summed E-state index contributed by atoms with van der Waals surface area (Å²) in [5, 5.41) is 67.1. The van der Waals surface area contributed by atoms with E-state index in [4.69, 9.17) is 24.4 Å². The average Bonchev–Trinajstić information content (AvgIpc) is 2.91. The first-order valence-corrected chi connectivity index (χ1v) is 7.84. The van der Waals surface area contributed by atoms with Gasteiger partial charge in [0, 0.05) is 6.42 Å². The largest absolute Gasteiger partial charge is 0.394 e. The van der Waals surface area contributed by atoms with E-state index in [2.05, 4.69) is 0 Å². The Morgan fingerprint density at radius 2 is 1.58 bits per heavy atom. The monoisotopic (exact) mass is 354 g/mol. The summed E-state index contributed by atoms with van der Waals surface area (Å²) < 4.78 is 16.1. The SMILES string of the molecule is OCC1CC(O)C(CO)(COCC2OC(CO)C(O)C(O)C2O)O1. The van der Waals surface area contributed by atoms with Crippen LogP contribution in [0.4, 0.5) is 0 Å². The summed E-state index contributed by atoms with van der Waals surface area (Å²) >= 11 is 0. The molecule has 7 N–H and O–H groups in total. The van der Waals surface area contributed by atoms with Gasteiger partial charge >= 0.3 is 0 Å². The molecule has 0 saturated carbocycles. The van der Waals surface area contributed by atoms with Crippen LogP contribution in [0, 0.1) is 0 Å². The Hall–Kier alpha value is -0.400. The lowest BCUT2D eigenvalue weighted by atomic mass is 9.95. The summed E-state index contributed by atoms with van der Waals surface area (Å²) in [7, 11) is 0. The van der Waals surface area contributed by atoms with Crippen LogP contribution in [0.1, 0.15) is 6.42 Å². The molecule has 0 aromatic carbocycles. The second-order valence-corrected chi connectivity index (χ2v) is 6.28. The first-order valence-electron chi connectivity index (χ1n) is 7.84. The van der Waals surface area contributed by atoms with Crippen LogP contribution in [0.25, 0.3) is 0 Å². The van der Waals surface area contributed by atoms with E-state index in [1.54, 1.807) is 0 Å². The van der Waals surface area contributed by atoms with Crippen LogP contribution in [0.5, 0.6) is 0 Å². The smallest absolute Gasteiger partial charge is 0.141 e.